The van der Waals surface area contributed by atoms with Crippen molar-refractivity contribution >= 4 is 11.9 Å². The van der Waals surface area contributed by atoms with Crippen LogP contribution in [-0.2, 0) is 11.2 Å². The number of aromatic nitrogens is 2. The Morgan fingerprint density at radius 1 is 1.22 bits per heavy atom. The van der Waals surface area contributed by atoms with Crippen LogP contribution in [0.15, 0.2) is 36.7 Å². The predicted octanol–water partition coefficient (Wildman–Crippen LogP) is 2.35. The van der Waals surface area contributed by atoms with Crippen LogP contribution in [0.1, 0.15) is 23.1 Å². The van der Waals surface area contributed by atoms with Crippen molar-refractivity contribution in [3.8, 4) is 0 Å². The van der Waals surface area contributed by atoms with E-state index in [0.29, 0.717) is 12.4 Å². The second kappa shape index (κ2) is 6.77. The summed E-state index contributed by atoms with van der Waals surface area (Å²) in [5.74, 6) is 0.843. The van der Waals surface area contributed by atoms with E-state index in [4.69, 9.17) is 0 Å². The van der Waals surface area contributed by atoms with Gasteiger partial charge in [-0.3, -0.25) is 4.79 Å². The lowest BCUT2D eigenvalue weighted by atomic mass is 10.0. The van der Waals surface area contributed by atoms with Gasteiger partial charge < -0.3 is 10.2 Å². The van der Waals surface area contributed by atoms with Crippen molar-refractivity contribution in [3.63, 3.8) is 0 Å². The highest BCUT2D eigenvalue weighted by molar-refractivity contribution is 5.77. The standard InChI is InChI=1S/C18H22N4O/c1-13-4-5-15(10-14(13)2)6-7-17(23)22-11-16(12-22)21-18-19-8-3-9-20-18/h3-5,8-10,16H,6-7,11-12H2,1-2H3,(H,19,20,21). The molecule has 0 atom stereocenters. The predicted molar refractivity (Wildman–Crippen MR) is 90.3 cm³/mol. The lowest BCUT2D eigenvalue weighted by Crippen LogP contribution is -2.57. The maximum Gasteiger partial charge on any atom is 0.223 e. The lowest BCUT2D eigenvalue weighted by molar-refractivity contribution is -0.135. The first kappa shape index (κ1) is 15.5. The Hall–Kier alpha value is -2.43. The van der Waals surface area contributed by atoms with E-state index in [1.807, 2.05) is 4.90 Å². The highest BCUT2D eigenvalue weighted by Crippen LogP contribution is 2.16. The molecule has 2 heterocycles. The van der Waals surface area contributed by atoms with E-state index in [2.05, 4.69) is 47.3 Å². The van der Waals surface area contributed by atoms with E-state index in [1.165, 1.54) is 16.7 Å². The van der Waals surface area contributed by atoms with E-state index in [-0.39, 0.29) is 11.9 Å². The van der Waals surface area contributed by atoms with Crippen LogP contribution in [0.5, 0.6) is 0 Å². The summed E-state index contributed by atoms with van der Waals surface area (Å²) in [6, 6.07) is 8.45. The molecule has 1 N–H and O–H groups in total. The van der Waals surface area contributed by atoms with Crippen molar-refractivity contribution in [2.75, 3.05) is 18.4 Å². The molecular formula is C18H22N4O. The molecule has 120 valence electrons. The third-order valence-corrected chi connectivity index (χ3v) is 4.33. The first-order chi connectivity index (χ1) is 11.1. The molecule has 3 rings (SSSR count). The minimum absolute atomic E-state index is 0.218. The minimum Gasteiger partial charge on any atom is -0.348 e. The quantitative estimate of drug-likeness (QED) is 0.921. The largest absolute Gasteiger partial charge is 0.348 e. The topological polar surface area (TPSA) is 58.1 Å². The first-order valence-electron chi connectivity index (χ1n) is 7.99. The molecule has 1 aromatic heterocycles. The Bertz CT molecular complexity index is 681. The van der Waals surface area contributed by atoms with Crippen LogP contribution in [0.25, 0.3) is 0 Å². The lowest BCUT2D eigenvalue weighted by Gasteiger charge is -2.39. The number of aryl methyl sites for hydroxylation is 3. The molecule has 2 aromatic rings. The van der Waals surface area contributed by atoms with Gasteiger partial charge in [0.15, 0.2) is 0 Å². The molecular weight excluding hydrogens is 288 g/mol. The fraction of sp³-hybridized carbons (Fsp3) is 0.389. The summed E-state index contributed by atoms with van der Waals surface area (Å²) in [7, 11) is 0. The number of benzene rings is 1. The molecule has 1 saturated heterocycles. The highest BCUT2D eigenvalue weighted by Gasteiger charge is 2.30. The van der Waals surface area contributed by atoms with Crippen LogP contribution in [0.2, 0.25) is 0 Å². The second-order valence-corrected chi connectivity index (χ2v) is 6.13. The maximum absolute atomic E-state index is 12.2. The van der Waals surface area contributed by atoms with Gasteiger partial charge in [-0.1, -0.05) is 18.2 Å². The molecule has 0 aliphatic carbocycles. The number of nitrogens with zero attached hydrogens (tertiary/aromatic N) is 3. The van der Waals surface area contributed by atoms with Crippen molar-refractivity contribution < 1.29 is 4.79 Å². The number of hydrogen-bond acceptors (Lipinski definition) is 4. The van der Waals surface area contributed by atoms with Gasteiger partial charge in [0, 0.05) is 31.9 Å². The van der Waals surface area contributed by atoms with Crippen LogP contribution >= 0.6 is 0 Å². The van der Waals surface area contributed by atoms with E-state index in [9.17, 15) is 4.79 Å². The monoisotopic (exact) mass is 310 g/mol. The average Bonchev–Trinajstić information content (AvgIpc) is 2.52. The SMILES string of the molecule is Cc1ccc(CCC(=O)N2CC(Nc3ncccn3)C2)cc1C. The number of nitrogens with one attached hydrogen (secondary N) is 1. The Morgan fingerprint density at radius 3 is 2.65 bits per heavy atom. The molecule has 1 aromatic carbocycles. The van der Waals surface area contributed by atoms with Gasteiger partial charge in [-0.2, -0.15) is 0 Å². The first-order valence-corrected chi connectivity index (χ1v) is 7.99. The highest BCUT2D eigenvalue weighted by atomic mass is 16.2. The van der Waals surface area contributed by atoms with Crippen LogP contribution in [-0.4, -0.2) is 39.9 Å². The molecule has 0 radical (unpaired) electrons. The number of rotatable bonds is 5. The van der Waals surface area contributed by atoms with E-state index in [0.717, 1.165) is 19.5 Å². The molecule has 23 heavy (non-hydrogen) atoms. The molecule has 5 nitrogen and oxygen atoms in total. The number of likely N-dealkylation sites (tertiary alicyclic amines) is 1. The molecule has 0 bridgehead atoms. The molecule has 0 spiro atoms. The van der Waals surface area contributed by atoms with Gasteiger partial charge in [0.2, 0.25) is 11.9 Å². The van der Waals surface area contributed by atoms with Gasteiger partial charge in [-0.15, -0.1) is 0 Å². The average molecular weight is 310 g/mol. The summed E-state index contributed by atoms with van der Waals surface area (Å²) in [4.78, 5) is 22.4. The number of amides is 1. The molecule has 5 heteroatoms. The molecule has 1 fully saturated rings. The zero-order valence-corrected chi connectivity index (χ0v) is 13.6. The van der Waals surface area contributed by atoms with Crippen molar-refractivity contribution in [2.24, 2.45) is 0 Å². The van der Waals surface area contributed by atoms with Crippen molar-refractivity contribution in [3.05, 3.63) is 53.3 Å². The molecule has 1 aliphatic rings. The Labute approximate surface area is 136 Å². The van der Waals surface area contributed by atoms with Crippen LogP contribution in [0.4, 0.5) is 5.95 Å². The summed E-state index contributed by atoms with van der Waals surface area (Å²) in [5.41, 5.74) is 3.81. The summed E-state index contributed by atoms with van der Waals surface area (Å²) < 4.78 is 0. The third-order valence-electron chi connectivity index (χ3n) is 4.33. The number of carbonyl (C=O) groups is 1. The minimum atomic E-state index is 0.218. The van der Waals surface area contributed by atoms with Gasteiger partial charge in [-0.05, 0) is 43.0 Å². The van der Waals surface area contributed by atoms with E-state index in [1.54, 1.807) is 18.5 Å². The van der Waals surface area contributed by atoms with Crippen molar-refractivity contribution in [2.45, 2.75) is 32.7 Å². The molecule has 1 aliphatic heterocycles. The summed E-state index contributed by atoms with van der Waals surface area (Å²) in [5, 5.41) is 3.23. The third kappa shape index (κ3) is 3.86. The number of hydrogen-bond donors (Lipinski definition) is 1. The Morgan fingerprint density at radius 2 is 1.96 bits per heavy atom. The fourth-order valence-corrected chi connectivity index (χ4v) is 2.70. The molecule has 0 saturated carbocycles. The Kier molecular flexibility index (Phi) is 4.55. The summed E-state index contributed by atoms with van der Waals surface area (Å²) >= 11 is 0. The maximum atomic E-state index is 12.2. The Balaban J connectivity index is 1.43. The van der Waals surface area contributed by atoms with Crippen LogP contribution < -0.4 is 5.32 Å². The zero-order chi connectivity index (χ0) is 16.2. The summed E-state index contributed by atoms with van der Waals surface area (Å²) in [6.45, 7) is 5.67. The van der Waals surface area contributed by atoms with Crippen molar-refractivity contribution in [1.29, 1.82) is 0 Å². The summed E-state index contributed by atoms with van der Waals surface area (Å²) in [6.07, 6.45) is 4.79. The van der Waals surface area contributed by atoms with E-state index < -0.39 is 0 Å². The second-order valence-electron chi connectivity index (χ2n) is 6.13. The van der Waals surface area contributed by atoms with Gasteiger partial charge in [0.05, 0.1) is 6.04 Å². The molecule has 1 amide bonds. The molecule has 0 unspecified atom stereocenters. The zero-order valence-electron chi connectivity index (χ0n) is 13.6. The van der Waals surface area contributed by atoms with E-state index >= 15 is 0 Å². The van der Waals surface area contributed by atoms with Crippen molar-refractivity contribution in [1.82, 2.24) is 14.9 Å². The van der Waals surface area contributed by atoms with Gasteiger partial charge in [0.1, 0.15) is 0 Å². The number of carbonyl (C=O) groups excluding carboxylic acids is 1. The van der Waals surface area contributed by atoms with Crippen LogP contribution in [0, 0.1) is 13.8 Å². The smallest absolute Gasteiger partial charge is 0.223 e. The van der Waals surface area contributed by atoms with Gasteiger partial charge in [-0.25, -0.2) is 9.97 Å². The van der Waals surface area contributed by atoms with Crippen LogP contribution in [0.3, 0.4) is 0 Å². The van der Waals surface area contributed by atoms with Gasteiger partial charge >= 0.3 is 0 Å². The normalized spacial score (nSPS) is 14.4. The number of anilines is 1. The fourth-order valence-electron chi connectivity index (χ4n) is 2.70. The van der Waals surface area contributed by atoms with Gasteiger partial charge in [0.25, 0.3) is 0 Å².